The Labute approximate surface area is 172 Å². The average molecular weight is 412 g/mol. The van der Waals surface area contributed by atoms with Crippen molar-refractivity contribution in [1.29, 1.82) is 0 Å². The first-order valence-electron chi connectivity index (χ1n) is 9.54. The highest BCUT2D eigenvalue weighted by atomic mass is 16.4. The Bertz CT molecular complexity index is 1160. The summed E-state index contributed by atoms with van der Waals surface area (Å²) < 4.78 is 0. The molecule has 0 aliphatic rings. The molecule has 5 N–H and O–H groups in total. The lowest BCUT2D eigenvalue weighted by Crippen LogP contribution is -2.22. The van der Waals surface area contributed by atoms with Gasteiger partial charge in [0.1, 0.15) is 39.3 Å². The summed E-state index contributed by atoms with van der Waals surface area (Å²) in [6.45, 7) is 7.70. The van der Waals surface area contributed by atoms with Gasteiger partial charge in [-0.05, 0) is 31.5 Å². The average Bonchev–Trinajstić information content (AvgIpc) is 2.70. The lowest BCUT2D eigenvalue weighted by Gasteiger charge is -2.12. The molecule has 0 aliphatic carbocycles. The molecule has 0 spiro atoms. The van der Waals surface area contributed by atoms with Crippen LogP contribution in [0.25, 0.3) is 22.1 Å². The molecule has 2 aromatic carbocycles. The van der Waals surface area contributed by atoms with Crippen LogP contribution in [0.2, 0.25) is 0 Å². The second-order valence-electron chi connectivity index (χ2n) is 7.42. The molecule has 3 rings (SSSR count). The Kier molecular flexibility index (Phi) is 6.02. The van der Waals surface area contributed by atoms with Crippen molar-refractivity contribution in [1.82, 2.24) is 15.3 Å². The van der Waals surface area contributed by atoms with Gasteiger partial charge in [0.2, 0.25) is 0 Å². The van der Waals surface area contributed by atoms with Crippen LogP contribution in [0.4, 0.5) is 0 Å². The fourth-order valence-electron chi connectivity index (χ4n) is 3.06. The van der Waals surface area contributed by atoms with Crippen molar-refractivity contribution in [3.8, 4) is 17.2 Å². The molecule has 9 heteroatoms. The summed E-state index contributed by atoms with van der Waals surface area (Å²) in [4.78, 5) is 24.4. The van der Waals surface area contributed by atoms with Gasteiger partial charge in [0, 0.05) is 18.3 Å². The topological polar surface area (TPSA) is 148 Å². The molecule has 0 unspecified atom stereocenters. The normalized spacial score (nSPS) is 11.9. The van der Waals surface area contributed by atoms with Gasteiger partial charge < -0.3 is 25.7 Å². The minimum atomic E-state index is -1.24. The molecule has 0 saturated heterocycles. The summed E-state index contributed by atoms with van der Waals surface area (Å²) in [7, 11) is 0. The molecule has 0 radical (unpaired) electrons. The third kappa shape index (κ3) is 3.97. The van der Waals surface area contributed by atoms with E-state index in [0.717, 1.165) is 6.54 Å². The maximum atomic E-state index is 11.5. The molecule has 0 atom stereocenters. The predicted octanol–water partition coefficient (Wildman–Crippen LogP) is 2.57. The number of carboxylic acids is 1. The van der Waals surface area contributed by atoms with Gasteiger partial charge >= 0.3 is 5.97 Å². The maximum absolute atomic E-state index is 11.5. The molecule has 158 valence electrons. The van der Waals surface area contributed by atoms with Gasteiger partial charge in [0.25, 0.3) is 0 Å². The van der Waals surface area contributed by atoms with Crippen LogP contribution in [0, 0.1) is 12.8 Å². The van der Waals surface area contributed by atoms with Crippen LogP contribution >= 0.6 is 0 Å². The maximum Gasteiger partial charge on any atom is 0.337 e. The van der Waals surface area contributed by atoms with Crippen LogP contribution in [-0.4, -0.2) is 62.2 Å². The van der Waals surface area contributed by atoms with E-state index >= 15 is 0 Å². The van der Waals surface area contributed by atoms with E-state index in [1.165, 1.54) is 25.3 Å². The van der Waals surface area contributed by atoms with Crippen molar-refractivity contribution in [2.45, 2.75) is 20.8 Å². The van der Waals surface area contributed by atoms with E-state index in [-0.39, 0.29) is 56.0 Å². The molecule has 3 aromatic rings. The Morgan fingerprint density at radius 1 is 1.10 bits per heavy atom. The van der Waals surface area contributed by atoms with E-state index < -0.39 is 5.97 Å². The van der Waals surface area contributed by atoms with E-state index in [4.69, 9.17) is 0 Å². The Morgan fingerprint density at radius 3 is 2.47 bits per heavy atom. The number of carbonyl (C=O) groups is 1. The van der Waals surface area contributed by atoms with Crippen LogP contribution in [0.15, 0.2) is 17.1 Å². The number of fused-ring (bicyclic) bond motifs is 2. The monoisotopic (exact) mass is 412 g/mol. The minimum Gasteiger partial charge on any atom is -0.507 e. The molecule has 0 amide bonds. The van der Waals surface area contributed by atoms with Gasteiger partial charge in [-0.1, -0.05) is 13.8 Å². The number of aromatic carboxylic acids is 1. The van der Waals surface area contributed by atoms with Crippen molar-refractivity contribution in [2.75, 3.05) is 19.6 Å². The Morgan fingerprint density at radius 2 is 1.80 bits per heavy atom. The fraction of sp³-hybridized carbons (Fsp3) is 0.333. The molecular formula is C21H24N4O5. The lowest BCUT2D eigenvalue weighted by molar-refractivity contribution is 0.0699. The number of nitrogens with one attached hydrogen (secondary N) is 1. The number of carboxylic acid groups (broad SMARTS) is 1. The van der Waals surface area contributed by atoms with Crippen LogP contribution in [0.1, 0.15) is 35.3 Å². The van der Waals surface area contributed by atoms with Gasteiger partial charge in [-0.25, -0.2) is 14.8 Å². The number of hydrogen-bond donors (Lipinski definition) is 5. The third-order valence-corrected chi connectivity index (χ3v) is 4.67. The SMILES string of the molecule is Cc1c(O)c(/C=N/CCNCC(C)C)c2nc3c(O)ccc(C(=O)O)c3nc2c1O. The van der Waals surface area contributed by atoms with E-state index in [2.05, 4.69) is 34.1 Å². The lowest BCUT2D eigenvalue weighted by atomic mass is 10.0. The summed E-state index contributed by atoms with van der Waals surface area (Å²) >= 11 is 0. The van der Waals surface area contributed by atoms with Gasteiger partial charge in [0.15, 0.2) is 0 Å². The first-order valence-corrected chi connectivity index (χ1v) is 9.54. The molecule has 1 heterocycles. The summed E-state index contributed by atoms with van der Waals surface area (Å²) in [5.41, 5.74) is 0.277. The van der Waals surface area contributed by atoms with E-state index in [0.29, 0.717) is 19.0 Å². The van der Waals surface area contributed by atoms with Crippen molar-refractivity contribution >= 4 is 34.3 Å². The number of benzene rings is 2. The number of hydrogen-bond acceptors (Lipinski definition) is 8. The highest BCUT2D eigenvalue weighted by Gasteiger charge is 2.21. The molecular weight excluding hydrogens is 388 g/mol. The van der Waals surface area contributed by atoms with Crippen LogP contribution in [0.3, 0.4) is 0 Å². The summed E-state index contributed by atoms with van der Waals surface area (Å²) in [6.07, 6.45) is 1.44. The van der Waals surface area contributed by atoms with Gasteiger partial charge in [-0.2, -0.15) is 0 Å². The zero-order valence-electron chi connectivity index (χ0n) is 17.0. The highest BCUT2D eigenvalue weighted by molar-refractivity contribution is 6.08. The molecule has 0 fully saturated rings. The number of rotatable bonds is 7. The molecule has 0 aliphatic heterocycles. The van der Waals surface area contributed by atoms with Gasteiger partial charge in [0.05, 0.1) is 17.7 Å². The number of aromatic hydroxyl groups is 3. The molecule has 0 bridgehead atoms. The number of phenolic OH excluding ortho intramolecular Hbond substituents is 3. The van der Waals surface area contributed by atoms with Crippen molar-refractivity contribution in [3.63, 3.8) is 0 Å². The van der Waals surface area contributed by atoms with Crippen molar-refractivity contribution < 1.29 is 25.2 Å². The minimum absolute atomic E-state index is 0.0188. The third-order valence-electron chi connectivity index (χ3n) is 4.67. The molecule has 9 nitrogen and oxygen atoms in total. The molecule has 1 aromatic heterocycles. The zero-order chi connectivity index (χ0) is 22.0. The van der Waals surface area contributed by atoms with Crippen LogP contribution in [0.5, 0.6) is 17.2 Å². The second kappa shape index (κ2) is 8.50. The van der Waals surface area contributed by atoms with Crippen molar-refractivity contribution in [3.05, 3.63) is 28.8 Å². The van der Waals surface area contributed by atoms with E-state index in [1.807, 2.05) is 0 Å². The largest absolute Gasteiger partial charge is 0.507 e. The summed E-state index contributed by atoms with van der Waals surface area (Å²) in [5.74, 6) is -1.49. The Hall–Kier alpha value is -3.46. The number of aliphatic imine (C=N–C) groups is 1. The first kappa shape index (κ1) is 21.3. The standard InChI is InChI=1S/C21H24N4O5/c1-10(2)8-22-6-7-23-9-13-16-18(20(28)11(3)19(13)27)25-15-12(21(29)30)4-5-14(26)17(15)24-16/h4-5,9-10,22,26-28H,6-8H2,1-3H3,(H,29,30)/b23-9+. The summed E-state index contributed by atoms with van der Waals surface area (Å²) in [5, 5.41) is 43.9. The molecule has 30 heavy (non-hydrogen) atoms. The van der Waals surface area contributed by atoms with Crippen LogP contribution < -0.4 is 5.32 Å². The Balaban J connectivity index is 2.14. The predicted molar refractivity (Wildman–Crippen MR) is 114 cm³/mol. The van der Waals surface area contributed by atoms with Gasteiger partial charge in [-0.3, -0.25) is 4.99 Å². The number of aromatic nitrogens is 2. The van der Waals surface area contributed by atoms with Crippen molar-refractivity contribution in [2.24, 2.45) is 10.9 Å². The van der Waals surface area contributed by atoms with E-state index in [1.54, 1.807) is 0 Å². The zero-order valence-corrected chi connectivity index (χ0v) is 17.0. The number of nitrogens with zero attached hydrogens (tertiary/aromatic N) is 3. The fourth-order valence-corrected chi connectivity index (χ4v) is 3.06. The smallest absolute Gasteiger partial charge is 0.337 e. The molecule has 0 saturated carbocycles. The quantitative estimate of drug-likeness (QED) is 0.226. The van der Waals surface area contributed by atoms with E-state index in [9.17, 15) is 25.2 Å². The number of phenols is 3. The van der Waals surface area contributed by atoms with Crippen LogP contribution in [-0.2, 0) is 0 Å². The summed E-state index contributed by atoms with van der Waals surface area (Å²) in [6, 6.07) is 2.44. The second-order valence-corrected chi connectivity index (χ2v) is 7.42. The highest BCUT2D eigenvalue weighted by Crippen LogP contribution is 2.38. The van der Waals surface area contributed by atoms with Gasteiger partial charge in [-0.15, -0.1) is 0 Å². The first-order chi connectivity index (χ1) is 14.2.